The molecule has 0 unspecified atom stereocenters. The van der Waals surface area contributed by atoms with Crippen LogP contribution in [0.25, 0.3) is 0 Å². The number of ether oxygens (including phenoxy) is 2. The van der Waals surface area contributed by atoms with Gasteiger partial charge in [0.25, 0.3) is 10.3 Å². The average molecular weight is 274 g/mol. The molecule has 2 aliphatic heterocycles. The van der Waals surface area contributed by atoms with Crippen LogP contribution >= 0.6 is 24.4 Å². The number of amides is 2. The first kappa shape index (κ1) is 12.2. The van der Waals surface area contributed by atoms with E-state index in [1.165, 1.54) is 23.6 Å². The molecule has 0 aromatic heterocycles. The van der Waals surface area contributed by atoms with Gasteiger partial charge in [-0.3, -0.25) is 9.59 Å². The van der Waals surface area contributed by atoms with Gasteiger partial charge in [-0.05, 0) is 24.4 Å². The molecule has 0 N–H and O–H groups in total. The van der Waals surface area contributed by atoms with Crippen LogP contribution in [0.15, 0.2) is 0 Å². The molecule has 2 rings (SSSR count). The highest BCUT2D eigenvalue weighted by molar-refractivity contribution is 7.80. The van der Waals surface area contributed by atoms with Gasteiger partial charge in [-0.25, -0.2) is 9.80 Å². The van der Waals surface area contributed by atoms with Crippen molar-refractivity contribution < 1.29 is 19.1 Å². The molecule has 2 aliphatic rings. The van der Waals surface area contributed by atoms with E-state index in [4.69, 9.17) is 33.9 Å². The number of rotatable bonds is 0. The Kier molecular flexibility index (Phi) is 2.78. The lowest BCUT2D eigenvalue weighted by atomic mass is 10.1. The zero-order valence-corrected chi connectivity index (χ0v) is 10.9. The van der Waals surface area contributed by atoms with E-state index < -0.39 is 5.66 Å². The fourth-order valence-corrected chi connectivity index (χ4v) is 2.78. The molecular formula is C9H10N2O4S2. The third kappa shape index (κ3) is 1.59. The van der Waals surface area contributed by atoms with E-state index >= 15 is 0 Å². The van der Waals surface area contributed by atoms with Crippen LogP contribution in [0.5, 0.6) is 0 Å². The molecule has 0 atom stereocenters. The van der Waals surface area contributed by atoms with Crippen LogP contribution in [0.1, 0.15) is 13.8 Å². The van der Waals surface area contributed by atoms with Gasteiger partial charge in [0.15, 0.2) is 0 Å². The molecule has 2 fully saturated rings. The van der Waals surface area contributed by atoms with E-state index in [0.29, 0.717) is 0 Å². The van der Waals surface area contributed by atoms with E-state index in [1.807, 2.05) is 0 Å². The quantitative estimate of drug-likeness (QED) is 0.580. The molecule has 0 saturated carbocycles. The van der Waals surface area contributed by atoms with Gasteiger partial charge >= 0.3 is 0 Å². The lowest BCUT2D eigenvalue weighted by Crippen LogP contribution is -2.61. The Morgan fingerprint density at radius 2 is 1.41 bits per heavy atom. The van der Waals surface area contributed by atoms with Crippen molar-refractivity contribution in [1.82, 2.24) is 9.80 Å². The van der Waals surface area contributed by atoms with Crippen molar-refractivity contribution in [1.29, 1.82) is 0 Å². The minimum atomic E-state index is -1.05. The maximum atomic E-state index is 11.6. The summed E-state index contributed by atoms with van der Waals surface area (Å²) in [4.78, 5) is 25.7. The molecule has 0 aliphatic carbocycles. The zero-order chi connectivity index (χ0) is 12.8. The molecule has 0 aromatic rings. The van der Waals surface area contributed by atoms with Crippen molar-refractivity contribution in [3.05, 3.63) is 0 Å². The number of thiocarbonyl (C=S) groups is 2. The minimum Gasteiger partial charge on any atom is -0.466 e. The summed E-state index contributed by atoms with van der Waals surface area (Å²) in [6.07, 6.45) is 0. The summed E-state index contributed by atoms with van der Waals surface area (Å²) in [7, 11) is 0. The van der Waals surface area contributed by atoms with Crippen molar-refractivity contribution in [3.63, 3.8) is 0 Å². The maximum absolute atomic E-state index is 11.6. The largest absolute Gasteiger partial charge is 0.466 e. The molecule has 0 radical (unpaired) electrons. The van der Waals surface area contributed by atoms with Crippen molar-refractivity contribution in [2.45, 2.75) is 19.5 Å². The summed E-state index contributed by atoms with van der Waals surface area (Å²) in [6, 6.07) is 0. The van der Waals surface area contributed by atoms with Gasteiger partial charge in [0.1, 0.15) is 13.2 Å². The average Bonchev–Trinajstić information content (AvgIpc) is 2.69. The Morgan fingerprint density at radius 3 is 1.71 bits per heavy atom. The van der Waals surface area contributed by atoms with Crippen molar-refractivity contribution in [2.24, 2.45) is 0 Å². The third-order valence-corrected chi connectivity index (χ3v) is 3.28. The Morgan fingerprint density at radius 1 is 1.06 bits per heavy atom. The van der Waals surface area contributed by atoms with Gasteiger partial charge in [-0.1, -0.05) is 0 Å². The topological polar surface area (TPSA) is 59.1 Å². The van der Waals surface area contributed by atoms with Crippen molar-refractivity contribution >= 4 is 46.6 Å². The lowest BCUT2D eigenvalue weighted by Gasteiger charge is -2.34. The van der Waals surface area contributed by atoms with Crippen molar-refractivity contribution in [3.8, 4) is 0 Å². The maximum Gasteiger partial charge on any atom is 0.268 e. The van der Waals surface area contributed by atoms with E-state index in [0.717, 1.165) is 0 Å². The predicted molar refractivity (Wildman–Crippen MR) is 64.9 cm³/mol. The van der Waals surface area contributed by atoms with Gasteiger partial charge in [-0.15, -0.1) is 0 Å². The van der Waals surface area contributed by atoms with Gasteiger partial charge in [0, 0.05) is 13.8 Å². The normalized spacial score (nSPS) is 21.8. The molecule has 2 heterocycles. The predicted octanol–water partition coefficient (Wildman–Crippen LogP) is 0.00990. The second-order valence-electron chi connectivity index (χ2n) is 3.80. The smallest absolute Gasteiger partial charge is 0.268 e. The highest BCUT2D eigenvalue weighted by atomic mass is 32.1. The molecule has 0 bridgehead atoms. The number of hydrogen-bond donors (Lipinski definition) is 0. The SMILES string of the molecule is CC(=O)N1C(=S)OCC12COC(=S)N2C(C)=O. The van der Waals surface area contributed by atoms with E-state index in [2.05, 4.69) is 0 Å². The monoisotopic (exact) mass is 274 g/mol. The van der Waals surface area contributed by atoms with Crippen LogP contribution in [-0.2, 0) is 19.1 Å². The molecule has 17 heavy (non-hydrogen) atoms. The summed E-state index contributed by atoms with van der Waals surface area (Å²) in [5, 5.41) is 0.0779. The Bertz CT molecular complexity index is 397. The van der Waals surface area contributed by atoms with Crippen LogP contribution in [0.4, 0.5) is 0 Å². The summed E-state index contributed by atoms with van der Waals surface area (Å²) in [5.74, 6) is -0.626. The second-order valence-corrected chi connectivity index (χ2v) is 4.50. The fraction of sp³-hybridized carbons (Fsp3) is 0.556. The first-order chi connectivity index (χ1) is 7.90. The van der Waals surface area contributed by atoms with Crippen LogP contribution < -0.4 is 0 Å². The van der Waals surface area contributed by atoms with E-state index in [9.17, 15) is 9.59 Å². The number of hydrogen-bond acceptors (Lipinski definition) is 6. The van der Waals surface area contributed by atoms with Crippen LogP contribution in [0, 0.1) is 0 Å². The Labute approximate surface area is 108 Å². The van der Waals surface area contributed by atoms with Gasteiger partial charge in [0.05, 0.1) is 0 Å². The lowest BCUT2D eigenvalue weighted by molar-refractivity contribution is -0.138. The summed E-state index contributed by atoms with van der Waals surface area (Å²) < 4.78 is 10.4. The zero-order valence-electron chi connectivity index (χ0n) is 9.26. The van der Waals surface area contributed by atoms with Gasteiger partial charge in [-0.2, -0.15) is 0 Å². The molecule has 0 aromatic carbocycles. The number of carbonyl (C=O) groups excluding carboxylic acids is 2. The summed E-state index contributed by atoms with van der Waals surface area (Å²) >= 11 is 9.90. The van der Waals surface area contributed by atoms with Crippen molar-refractivity contribution in [2.75, 3.05) is 13.2 Å². The number of nitrogens with zero attached hydrogens (tertiary/aromatic N) is 2. The van der Waals surface area contributed by atoms with E-state index in [-0.39, 0.29) is 35.4 Å². The Hall–Kier alpha value is -1.28. The molecule has 8 heteroatoms. The first-order valence-corrected chi connectivity index (χ1v) is 5.67. The molecule has 1 spiro atoms. The molecular weight excluding hydrogens is 264 g/mol. The first-order valence-electron chi connectivity index (χ1n) is 4.85. The highest BCUT2D eigenvalue weighted by Gasteiger charge is 2.59. The Balaban J connectivity index is 2.47. The third-order valence-electron chi connectivity index (χ3n) is 2.68. The molecule has 2 amide bonds. The van der Waals surface area contributed by atoms with Crippen LogP contribution in [-0.4, -0.2) is 50.8 Å². The standard InChI is InChI=1S/C9H10N2O4S2/c1-5(12)10-7(16)14-3-9(10)4-15-8(17)11(9)6(2)13/h3-4H2,1-2H3. The molecule has 92 valence electrons. The highest BCUT2D eigenvalue weighted by Crippen LogP contribution is 2.34. The fourth-order valence-electron chi connectivity index (χ4n) is 2.07. The van der Waals surface area contributed by atoms with Crippen LogP contribution in [0.2, 0.25) is 0 Å². The number of carbonyl (C=O) groups is 2. The van der Waals surface area contributed by atoms with Gasteiger partial charge < -0.3 is 9.47 Å². The van der Waals surface area contributed by atoms with Crippen LogP contribution in [0.3, 0.4) is 0 Å². The molecule has 6 nitrogen and oxygen atoms in total. The van der Waals surface area contributed by atoms with E-state index in [1.54, 1.807) is 0 Å². The summed E-state index contributed by atoms with van der Waals surface area (Å²) in [6.45, 7) is 2.85. The molecule has 2 saturated heterocycles. The summed E-state index contributed by atoms with van der Waals surface area (Å²) in [5.41, 5.74) is -1.05. The van der Waals surface area contributed by atoms with Gasteiger partial charge in [0.2, 0.25) is 17.5 Å². The minimum absolute atomic E-state index is 0.0389. The second kappa shape index (κ2) is 3.88.